The Morgan fingerprint density at radius 3 is 0.775 bits per heavy atom. The van der Waals surface area contributed by atoms with E-state index in [2.05, 4.69) is 64.2 Å². The summed E-state index contributed by atoms with van der Waals surface area (Å²) in [5.41, 5.74) is 0. The molecule has 0 aromatic heterocycles. The molecule has 0 bridgehead atoms. The Bertz CT molecular complexity index is 2120. The van der Waals surface area contributed by atoms with Crippen LogP contribution >= 0.6 is 15.6 Å². The first-order valence-electron chi connectivity index (χ1n) is 41.9. The molecule has 17 nitrogen and oxygen atoms in total. The largest absolute Gasteiger partial charge is 0.472 e. The zero-order valence-corrected chi connectivity index (χ0v) is 67.3. The SMILES string of the molecule is CCCCC/C=C\C/C=C\C/C=C\C/C=C\CCCC(=O)OC[C@H](COP(=O)(O)OC[C@@H](O)COP(=O)(O)OC[C@@H](COC(=O)CCCCCCCCCCCCCCCCC)OC(=O)CCCCCCCCCCCCCCC)OC(=O)CCCCCCCCCCCCCCCCCCC. The summed E-state index contributed by atoms with van der Waals surface area (Å²) in [7, 11) is -9.95. The maximum absolute atomic E-state index is 13.1. The van der Waals surface area contributed by atoms with Crippen molar-refractivity contribution in [1.82, 2.24) is 0 Å². The van der Waals surface area contributed by atoms with Gasteiger partial charge >= 0.3 is 39.5 Å². The van der Waals surface area contributed by atoms with E-state index in [1.807, 2.05) is 12.2 Å². The van der Waals surface area contributed by atoms with Gasteiger partial charge in [0, 0.05) is 25.7 Å². The number of esters is 4. The Labute approximate surface area is 623 Å². The van der Waals surface area contributed by atoms with Crippen LogP contribution in [-0.4, -0.2) is 96.7 Å². The zero-order chi connectivity index (χ0) is 74.6. The lowest BCUT2D eigenvalue weighted by atomic mass is 10.0. The predicted octanol–water partition coefficient (Wildman–Crippen LogP) is 24.5. The van der Waals surface area contributed by atoms with Crippen molar-refractivity contribution >= 4 is 39.5 Å². The maximum atomic E-state index is 13.1. The van der Waals surface area contributed by atoms with Crippen LogP contribution < -0.4 is 0 Å². The summed E-state index contributed by atoms with van der Waals surface area (Å²) in [6.45, 7) is 4.90. The highest BCUT2D eigenvalue weighted by atomic mass is 31.2. The van der Waals surface area contributed by atoms with Crippen molar-refractivity contribution in [2.45, 2.75) is 418 Å². The highest BCUT2D eigenvalue weighted by Gasteiger charge is 2.30. The standard InChI is InChI=1S/C83H154O17P2/c1-5-9-13-17-21-25-29-33-36-38-41-45-48-52-56-60-64-68-81(86)94-74-79(100-83(88)70-66-62-58-54-50-46-42-39-37-34-30-26-22-18-14-10-6-2)76-98-102(91,92)96-72-77(84)71-95-101(89,90)97-75-78(99-82(87)69-65-61-57-53-49-43-32-28-24-20-16-12-8-4)73-93-80(85)67-63-59-55-51-47-44-40-35-31-27-23-19-15-11-7-3/h21,25,33,36,41,45,52,56,77-79,84H,5-20,22-24,26-32,34-35,37-40,42-44,46-51,53-55,57-76H2,1-4H3,(H,89,90)(H,91,92)/b25-21-,36-33-,45-41-,56-52-/t77-,78+,79+/m0/s1. The topological polar surface area (TPSA) is 237 Å². The van der Waals surface area contributed by atoms with Crippen molar-refractivity contribution in [1.29, 1.82) is 0 Å². The van der Waals surface area contributed by atoms with Gasteiger partial charge in [-0.1, -0.05) is 359 Å². The summed E-state index contributed by atoms with van der Waals surface area (Å²) >= 11 is 0. The molecule has 19 heteroatoms. The maximum Gasteiger partial charge on any atom is 0.472 e. The van der Waals surface area contributed by atoms with Gasteiger partial charge < -0.3 is 33.8 Å². The number of carbonyl (C=O) groups excluding carboxylic acids is 4. The fourth-order valence-electron chi connectivity index (χ4n) is 11.9. The Kier molecular flexibility index (Phi) is 74.0. The normalized spacial score (nSPS) is 14.1. The molecule has 2 unspecified atom stereocenters. The molecule has 3 N–H and O–H groups in total. The Morgan fingerprint density at radius 1 is 0.275 bits per heavy atom. The molecule has 0 fully saturated rings. The highest BCUT2D eigenvalue weighted by Crippen LogP contribution is 2.45. The molecule has 0 rings (SSSR count). The van der Waals surface area contributed by atoms with Crippen molar-refractivity contribution in [3.05, 3.63) is 48.6 Å². The van der Waals surface area contributed by atoms with Gasteiger partial charge in [0.2, 0.25) is 0 Å². The van der Waals surface area contributed by atoms with Gasteiger partial charge in [-0.15, -0.1) is 0 Å². The molecule has 0 heterocycles. The van der Waals surface area contributed by atoms with E-state index in [4.69, 9.17) is 37.0 Å². The molecule has 0 aliphatic rings. The van der Waals surface area contributed by atoms with E-state index in [9.17, 15) is 43.2 Å². The van der Waals surface area contributed by atoms with Crippen molar-refractivity contribution in [3.63, 3.8) is 0 Å². The third-order valence-electron chi connectivity index (χ3n) is 18.3. The number of phosphoric acid groups is 2. The van der Waals surface area contributed by atoms with Crippen LogP contribution in [0.4, 0.5) is 0 Å². The van der Waals surface area contributed by atoms with E-state index in [0.29, 0.717) is 32.1 Å². The van der Waals surface area contributed by atoms with Gasteiger partial charge in [0.05, 0.1) is 26.4 Å². The number of aliphatic hydroxyl groups is 1. The predicted molar refractivity (Wildman–Crippen MR) is 418 cm³/mol. The first-order chi connectivity index (χ1) is 49.7. The van der Waals surface area contributed by atoms with E-state index >= 15 is 0 Å². The van der Waals surface area contributed by atoms with Crippen LogP contribution in [0.25, 0.3) is 0 Å². The molecule has 0 spiro atoms. The summed E-state index contributed by atoms with van der Waals surface area (Å²) in [4.78, 5) is 73.1. The minimum Gasteiger partial charge on any atom is -0.462 e. The van der Waals surface area contributed by atoms with E-state index in [-0.39, 0.29) is 25.7 Å². The molecule has 0 saturated heterocycles. The Balaban J connectivity index is 5.34. The lowest BCUT2D eigenvalue weighted by Crippen LogP contribution is -2.30. The first-order valence-corrected chi connectivity index (χ1v) is 44.9. The number of phosphoric ester groups is 2. The lowest BCUT2D eigenvalue weighted by Gasteiger charge is -2.21. The van der Waals surface area contributed by atoms with Gasteiger partial charge in [0.15, 0.2) is 12.2 Å². The minimum atomic E-state index is -4.98. The molecule has 102 heavy (non-hydrogen) atoms. The number of aliphatic hydroxyl groups excluding tert-OH is 1. The number of unbranched alkanes of at least 4 members (excludes halogenated alkanes) is 46. The van der Waals surface area contributed by atoms with Crippen LogP contribution in [0, 0.1) is 0 Å². The van der Waals surface area contributed by atoms with Gasteiger partial charge in [0.25, 0.3) is 0 Å². The number of rotatable bonds is 80. The molecule has 0 radical (unpaired) electrons. The Hall–Kier alpha value is -2.98. The molecular formula is C83H154O17P2. The van der Waals surface area contributed by atoms with E-state index in [1.165, 1.54) is 218 Å². The second-order valence-electron chi connectivity index (χ2n) is 28.4. The monoisotopic (exact) mass is 1490 g/mol. The van der Waals surface area contributed by atoms with Crippen molar-refractivity contribution in [2.75, 3.05) is 39.6 Å². The summed E-state index contributed by atoms with van der Waals surface area (Å²) in [6, 6.07) is 0. The van der Waals surface area contributed by atoms with E-state index in [1.54, 1.807) is 0 Å². The fraction of sp³-hybridized carbons (Fsp3) is 0.855. The molecule has 0 aliphatic carbocycles. The molecular weight excluding hydrogens is 1330 g/mol. The molecule has 0 aliphatic heterocycles. The minimum absolute atomic E-state index is 0.0917. The Morgan fingerprint density at radius 2 is 0.490 bits per heavy atom. The average molecular weight is 1490 g/mol. The van der Waals surface area contributed by atoms with Crippen LogP contribution in [-0.2, 0) is 65.4 Å². The molecule has 5 atom stereocenters. The van der Waals surface area contributed by atoms with Crippen LogP contribution in [0.2, 0.25) is 0 Å². The number of carbonyl (C=O) groups is 4. The molecule has 0 aromatic rings. The van der Waals surface area contributed by atoms with Crippen molar-refractivity contribution in [3.8, 4) is 0 Å². The van der Waals surface area contributed by atoms with Crippen LogP contribution in [0.1, 0.15) is 400 Å². The third kappa shape index (κ3) is 75.3. The molecule has 0 aromatic carbocycles. The average Bonchev–Trinajstić information content (AvgIpc) is 0.959. The van der Waals surface area contributed by atoms with Gasteiger partial charge in [-0.25, -0.2) is 9.13 Å². The number of hydrogen-bond acceptors (Lipinski definition) is 15. The number of hydrogen-bond donors (Lipinski definition) is 3. The lowest BCUT2D eigenvalue weighted by molar-refractivity contribution is -0.161. The van der Waals surface area contributed by atoms with Crippen molar-refractivity contribution in [2.24, 2.45) is 0 Å². The second-order valence-corrected chi connectivity index (χ2v) is 31.4. The van der Waals surface area contributed by atoms with Crippen LogP contribution in [0.15, 0.2) is 48.6 Å². The molecule has 0 saturated carbocycles. The smallest absolute Gasteiger partial charge is 0.462 e. The summed E-state index contributed by atoms with van der Waals surface area (Å²) < 4.78 is 68.7. The fourth-order valence-corrected chi connectivity index (χ4v) is 13.5. The molecule has 0 amide bonds. The second kappa shape index (κ2) is 76.2. The summed E-state index contributed by atoms with van der Waals surface area (Å²) in [5, 5.41) is 10.6. The van der Waals surface area contributed by atoms with Gasteiger partial charge in [-0.2, -0.15) is 0 Å². The van der Waals surface area contributed by atoms with Crippen LogP contribution in [0.3, 0.4) is 0 Å². The van der Waals surface area contributed by atoms with Gasteiger partial charge in [-0.05, 0) is 64.2 Å². The van der Waals surface area contributed by atoms with E-state index < -0.39 is 97.5 Å². The zero-order valence-electron chi connectivity index (χ0n) is 65.6. The first kappa shape index (κ1) is 99.0. The number of allylic oxidation sites excluding steroid dienone is 8. The van der Waals surface area contributed by atoms with Gasteiger partial charge in [-0.3, -0.25) is 37.3 Å². The molecule has 598 valence electrons. The van der Waals surface area contributed by atoms with Crippen LogP contribution in [0.5, 0.6) is 0 Å². The van der Waals surface area contributed by atoms with Crippen molar-refractivity contribution < 1.29 is 80.2 Å². The highest BCUT2D eigenvalue weighted by molar-refractivity contribution is 7.47. The summed E-state index contributed by atoms with van der Waals surface area (Å²) in [5.74, 6) is -2.19. The van der Waals surface area contributed by atoms with Gasteiger partial charge in [0.1, 0.15) is 19.3 Å². The quantitative estimate of drug-likeness (QED) is 0.0169. The summed E-state index contributed by atoms with van der Waals surface area (Å²) in [6.07, 6.45) is 75.1. The third-order valence-corrected chi connectivity index (χ3v) is 20.2. The number of ether oxygens (including phenoxy) is 4. The van der Waals surface area contributed by atoms with E-state index in [0.717, 1.165) is 96.3 Å².